The Bertz CT molecular complexity index is 1870. The second kappa shape index (κ2) is 11.6. The van der Waals surface area contributed by atoms with Gasteiger partial charge in [0.05, 0.1) is 45.5 Å². The third kappa shape index (κ3) is 5.46. The van der Waals surface area contributed by atoms with Crippen molar-refractivity contribution in [3.05, 3.63) is 112 Å². The molecule has 41 heavy (non-hydrogen) atoms. The van der Waals surface area contributed by atoms with Gasteiger partial charge in [-0.15, -0.1) is 0 Å². The minimum absolute atomic E-state index is 0.169. The molecule has 4 aromatic rings. The number of carbonyl (C=O) groups is 1. The van der Waals surface area contributed by atoms with E-state index in [9.17, 15) is 19.7 Å². The van der Waals surface area contributed by atoms with Gasteiger partial charge in [0.25, 0.3) is 11.2 Å². The van der Waals surface area contributed by atoms with Gasteiger partial charge in [0, 0.05) is 17.2 Å². The molecular weight excluding hydrogens is 570 g/mol. The maximum atomic E-state index is 13.8. The van der Waals surface area contributed by atoms with Gasteiger partial charge in [-0.3, -0.25) is 19.5 Å². The first kappa shape index (κ1) is 28.1. The van der Waals surface area contributed by atoms with Crippen molar-refractivity contribution in [1.82, 2.24) is 4.57 Å². The monoisotopic (exact) mass is 593 g/mol. The summed E-state index contributed by atoms with van der Waals surface area (Å²) in [4.78, 5) is 42.8. The van der Waals surface area contributed by atoms with Gasteiger partial charge in [-0.25, -0.2) is 9.79 Å². The minimum Gasteiger partial charge on any atom is -0.494 e. The van der Waals surface area contributed by atoms with E-state index >= 15 is 0 Å². The van der Waals surface area contributed by atoms with Gasteiger partial charge in [-0.1, -0.05) is 35.1 Å². The zero-order valence-electron chi connectivity index (χ0n) is 22.3. The summed E-state index contributed by atoms with van der Waals surface area (Å²) in [5.41, 5.74) is 1.09. The molecule has 0 spiro atoms. The number of carbonyl (C=O) groups excluding carboxylic acids is 1. The van der Waals surface area contributed by atoms with E-state index < -0.39 is 16.9 Å². The number of nitrogens with zero attached hydrogens (tertiary/aromatic N) is 3. The number of allylic oxidation sites excluding steroid dienone is 1. The molecule has 12 heteroatoms. The third-order valence-corrected chi connectivity index (χ3v) is 7.56. The molecule has 10 nitrogen and oxygen atoms in total. The highest BCUT2D eigenvalue weighted by atomic mass is 35.5. The first-order valence-corrected chi connectivity index (χ1v) is 13.9. The van der Waals surface area contributed by atoms with Gasteiger partial charge in [0.1, 0.15) is 17.3 Å². The van der Waals surface area contributed by atoms with E-state index in [0.717, 1.165) is 11.3 Å². The maximum Gasteiger partial charge on any atom is 0.338 e. The van der Waals surface area contributed by atoms with Crippen LogP contribution in [0.2, 0.25) is 5.02 Å². The normalized spacial score (nSPS) is 14.9. The number of furan rings is 1. The van der Waals surface area contributed by atoms with Gasteiger partial charge in [0.2, 0.25) is 0 Å². The summed E-state index contributed by atoms with van der Waals surface area (Å²) in [6.07, 6.45) is 1.55. The molecule has 0 fully saturated rings. The lowest BCUT2D eigenvalue weighted by Crippen LogP contribution is -2.39. The van der Waals surface area contributed by atoms with Crippen LogP contribution in [0.5, 0.6) is 5.75 Å². The number of esters is 1. The maximum absolute atomic E-state index is 13.8. The Morgan fingerprint density at radius 3 is 2.61 bits per heavy atom. The number of benzene rings is 2. The van der Waals surface area contributed by atoms with Crippen LogP contribution in [0.1, 0.15) is 38.1 Å². The quantitative estimate of drug-likeness (QED) is 0.159. The van der Waals surface area contributed by atoms with Gasteiger partial charge < -0.3 is 13.9 Å². The van der Waals surface area contributed by atoms with Crippen LogP contribution in [-0.4, -0.2) is 28.7 Å². The fourth-order valence-corrected chi connectivity index (χ4v) is 5.78. The molecule has 1 aliphatic rings. The zero-order valence-corrected chi connectivity index (χ0v) is 23.8. The fourth-order valence-electron chi connectivity index (χ4n) is 4.59. The van der Waals surface area contributed by atoms with Crippen LogP contribution in [0.25, 0.3) is 17.4 Å². The number of nitro benzene ring substituents is 1. The molecule has 0 saturated carbocycles. The van der Waals surface area contributed by atoms with E-state index in [-0.39, 0.29) is 39.8 Å². The lowest BCUT2D eigenvalue weighted by Gasteiger charge is -2.24. The third-order valence-electron chi connectivity index (χ3n) is 6.35. The van der Waals surface area contributed by atoms with Gasteiger partial charge in [0.15, 0.2) is 4.80 Å². The van der Waals surface area contributed by atoms with E-state index in [1.807, 2.05) is 19.1 Å². The molecule has 1 aliphatic heterocycles. The Kier molecular flexibility index (Phi) is 7.91. The number of hydrogen-bond acceptors (Lipinski definition) is 9. The summed E-state index contributed by atoms with van der Waals surface area (Å²) >= 11 is 7.08. The highest BCUT2D eigenvalue weighted by molar-refractivity contribution is 7.07. The summed E-state index contributed by atoms with van der Waals surface area (Å²) in [5.74, 6) is 0.673. The SMILES string of the molecule is CCOC(=O)C1=C(C)N=c2s/c(=C\c3ccc(-c4ccc(Cl)cc4[N+](=O)[O-])o3)c(=O)n2[C@@H]1c1ccc(OCC)cc1. The standard InChI is InChI=1S/C29H24ClN3O7S/c1-4-38-19-9-6-17(7-10-19)26-25(28(35)39-5-2)16(3)31-29-32(26)27(34)24(41-29)15-20-11-13-23(40-20)21-12-8-18(30)14-22(21)33(36)37/h6-15,26H,4-5H2,1-3H3/b24-15-/t26-/m1/s1. The number of hydrogen-bond donors (Lipinski definition) is 0. The molecule has 0 saturated heterocycles. The van der Waals surface area contributed by atoms with Crippen LogP contribution in [-0.2, 0) is 9.53 Å². The lowest BCUT2D eigenvalue weighted by atomic mass is 9.96. The van der Waals surface area contributed by atoms with Crippen molar-refractivity contribution in [1.29, 1.82) is 0 Å². The molecule has 5 rings (SSSR count). The molecule has 210 valence electrons. The van der Waals surface area contributed by atoms with Crippen molar-refractivity contribution in [3.63, 3.8) is 0 Å². The number of nitro groups is 1. The predicted molar refractivity (Wildman–Crippen MR) is 154 cm³/mol. The van der Waals surface area contributed by atoms with Crippen molar-refractivity contribution in [3.8, 4) is 17.1 Å². The number of rotatable bonds is 8. The van der Waals surface area contributed by atoms with Crippen LogP contribution >= 0.6 is 22.9 Å². The van der Waals surface area contributed by atoms with Crippen molar-refractivity contribution in [2.45, 2.75) is 26.8 Å². The number of fused-ring (bicyclic) bond motifs is 1. The average molecular weight is 594 g/mol. The summed E-state index contributed by atoms with van der Waals surface area (Å²) < 4.78 is 18.5. The van der Waals surface area contributed by atoms with Crippen LogP contribution in [0, 0.1) is 10.1 Å². The van der Waals surface area contributed by atoms with Crippen molar-refractivity contribution in [2.24, 2.45) is 4.99 Å². The topological polar surface area (TPSA) is 126 Å². The van der Waals surface area contributed by atoms with E-state index in [0.29, 0.717) is 38.7 Å². The highest BCUT2D eigenvalue weighted by Gasteiger charge is 2.33. The minimum atomic E-state index is -0.771. The second-order valence-corrected chi connectivity index (χ2v) is 10.4. The lowest BCUT2D eigenvalue weighted by molar-refractivity contribution is -0.384. The Morgan fingerprint density at radius 2 is 1.93 bits per heavy atom. The van der Waals surface area contributed by atoms with E-state index in [4.69, 9.17) is 25.5 Å². The molecule has 0 N–H and O–H groups in total. The molecule has 3 heterocycles. The van der Waals surface area contributed by atoms with Crippen LogP contribution < -0.4 is 19.6 Å². The first-order valence-electron chi connectivity index (χ1n) is 12.7. The molecule has 0 radical (unpaired) electrons. The van der Waals surface area contributed by atoms with Gasteiger partial charge >= 0.3 is 5.97 Å². The summed E-state index contributed by atoms with van der Waals surface area (Å²) in [7, 11) is 0. The summed E-state index contributed by atoms with van der Waals surface area (Å²) in [6, 6.07) is 13.9. The molecule has 0 bridgehead atoms. The number of ether oxygens (including phenoxy) is 2. The molecule has 0 amide bonds. The second-order valence-electron chi connectivity index (χ2n) is 8.92. The highest BCUT2D eigenvalue weighted by Crippen LogP contribution is 2.34. The average Bonchev–Trinajstić information content (AvgIpc) is 3.52. The Hall–Kier alpha value is -4.48. The molecule has 2 aromatic heterocycles. The molecular formula is C29H24ClN3O7S. The molecule has 2 aromatic carbocycles. The zero-order chi connectivity index (χ0) is 29.3. The number of thiazole rings is 1. The first-order chi connectivity index (χ1) is 19.7. The van der Waals surface area contributed by atoms with Crippen molar-refractivity contribution in [2.75, 3.05) is 13.2 Å². The Labute approximate surface area is 242 Å². The Balaban J connectivity index is 1.62. The van der Waals surface area contributed by atoms with E-state index in [1.54, 1.807) is 44.2 Å². The van der Waals surface area contributed by atoms with E-state index in [1.165, 1.54) is 22.8 Å². The fraction of sp³-hybridized carbons (Fsp3) is 0.207. The number of halogens is 1. The van der Waals surface area contributed by atoms with Crippen LogP contribution in [0.4, 0.5) is 5.69 Å². The summed E-state index contributed by atoms with van der Waals surface area (Å²) in [6.45, 7) is 5.98. The van der Waals surface area contributed by atoms with Crippen LogP contribution in [0.15, 0.2) is 80.1 Å². The largest absolute Gasteiger partial charge is 0.494 e. The molecule has 0 aliphatic carbocycles. The van der Waals surface area contributed by atoms with Crippen molar-refractivity contribution >= 4 is 40.7 Å². The molecule has 0 unspecified atom stereocenters. The van der Waals surface area contributed by atoms with Crippen LogP contribution in [0.3, 0.4) is 0 Å². The number of aromatic nitrogens is 1. The van der Waals surface area contributed by atoms with Gasteiger partial charge in [-0.05, 0) is 62.7 Å². The van der Waals surface area contributed by atoms with Gasteiger partial charge in [-0.2, -0.15) is 0 Å². The Morgan fingerprint density at radius 1 is 1.17 bits per heavy atom. The smallest absolute Gasteiger partial charge is 0.338 e. The summed E-state index contributed by atoms with van der Waals surface area (Å²) in [5, 5.41) is 11.8. The molecule has 1 atom stereocenters. The van der Waals surface area contributed by atoms with E-state index in [2.05, 4.69) is 4.99 Å². The predicted octanol–water partition coefficient (Wildman–Crippen LogP) is 5.02. The van der Waals surface area contributed by atoms with Crippen molar-refractivity contribution < 1.29 is 23.6 Å².